The van der Waals surface area contributed by atoms with Gasteiger partial charge in [-0.3, -0.25) is 9.59 Å². The van der Waals surface area contributed by atoms with Crippen molar-refractivity contribution in [3.8, 4) is 0 Å². The third kappa shape index (κ3) is 5.67. The highest BCUT2D eigenvalue weighted by Gasteiger charge is 2.26. The molecule has 0 saturated carbocycles. The van der Waals surface area contributed by atoms with E-state index in [1.54, 1.807) is 13.8 Å². The van der Waals surface area contributed by atoms with Gasteiger partial charge in [-0.1, -0.05) is 31.0 Å². The van der Waals surface area contributed by atoms with Crippen molar-refractivity contribution in [3.63, 3.8) is 0 Å². The molecule has 0 atom stereocenters. The zero-order valence-electron chi connectivity index (χ0n) is 17.6. The number of hydrogen-bond donors (Lipinski definition) is 2. The van der Waals surface area contributed by atoms with Crippen molar-refractivity contribution >= 4 is 39.8 Å². The van der Waals surface area contributed by atoms with Crippen LogP contribution in [0.25, 0.3) is 0 Å². The molecule has 0 bridgehead atoms. The third-order valence-corrected chi connectivity index (χ3v) is 5.68. The summed E-state index contributed by atoms with van der Waals surface area (Å²) in [6.07, 6.45) is 2.01. The van der Waals surface area contributed by atoms with Gasteiger partial charge in [-0.25, -0.2) is 4.79 Å². The van der Waals surface area contributed by atoms with E-state index in [1.165, 1.54) is 0 Å². The van der Waals surface area contributed by atoms with E-state index in [4.69, 9.17) is 4.74 Å². The molecule has 0 radical (unpaired) electrons. The Kier molecular flexibility index (Phi) is 7.96. The van der Waals surface area contributed by atoms with Gasteiger partial charge in [0, 0.05) is 12.1 Å². The number of benzene rings is 1. The Morgan fingerprint density at radius 3 is 2.41 bits per heavy atom. The van der Waals surface area contributed by atoms with Gasteiger partial charge < -0.3 is 15.4 Å². The smallest absolute Gasteiger partial charge is 0.341 e. The van der Waals surface area contributed by atoms with Crippen LogP contribution in [0.2, 0.25) is 0 Å². The van der Waals surface area contributed by atoms with Crippen molar-refractivity contribution < 1.29 is 19.1 Å². The number of amides is 2. The summed E-state index contributed by atoms with van der Waals surface area (Å²) >= 11 is 1.09. The minimum absolute atomic E-state index is 0.181. The van der Waals surface area contributed by atoms with Gasteiger partial charge in [-0.15, -0.1) is 11.3 Å². The molecule has 0 aliphatic carbocycles. The first-order valence-corrected chi connectivity index (χ1v) is 10.6. The average Bonchev–Trinajstić information content (AvgIpc) is 2.98. The fourth-order valence-electron chi connectivity index (χ4n) is 2.93. The average molecular weight is 417 g/mol. The van der Waals surface area contributed by atoms with E-state index in [-0.39, 0.29) is 24.0 Å². The first-order valence-electron chi connectivity index (χ1n) is 9.77. The first-order chi connectivity index (χ1) is 13.8. The predicted octanol–water partition coefficient (Wildman–Crippen LogP) is 5.23. The number of thiophene rings is 1. The lowest BCUT2D eigenvalue weighted by Gasteiger charge is -2.09. The number of rotatable bonds is 8. The van der Waals surface area contributed by atoms with Crippen molar-refractivity contribution in [3.05, 3.63) is 45.3 Å². The van der Waals surface area contributed by atoms with E-state index >= 15 is 0 Å². The number of nitrogens with one attached hydrogen (secondary N) is 2. The van der Waals surface area contributed by atoms with Crippen LogP contribution in [0.3, 0.4) is 0 Å². The van der Waals surface area contributed by atoms with Crippen LogP contribution in [0.1, 0.15) is 69.8 Å². The zero-order valence-corrected chi connectivity index (χ0v) is 18.4. The zero-order chi connectivity index (χ0) is 21.6. The highest BCUT2D eigenvalue weighted by Crippen LogP contribution is 2.34. The summed E-state index contributed by atoms with van der Waals surface area (Å²) in [5.41, 5.74) is 3.51. The molecule has 0 fully saturated rings. The Labute approximate surface area is 175 Å². The number of unbranched alkanes of at least 4 members (excludes halogenated alkanes) is 1. The second kappa shape index (κ2) is 10.2. The second-order valence-corrected chi connectivity index (χ2v) is 7.93. The van der Waals surface area contributed by atoms with Gasteiger partial charge in [0.25, 0.3) is 5.91 Å². The number of carbonyl (C=O) groups is 3. The van der Waals surface area contributed by atoms with Crippen LogP contribution < -0.4 is 10.6 Å². The summed E-state index contributed by atoms with van der Waals surface area (Å²) in [6, 6.07) is 5.76. The van der Waals surface area contributed by atoms with Gasteiger partial charge in [0.15, 0.2) is 0 Å². The molecular weight excluding hydrogens is 388 g/mol. The van der Waals surface area contributed by atoms with Gasteiger partial charge in [0.05, 0.1) is 17.0 Å². The molecule has 2 N–H and O–H groups in total. The molecule has 1 heterocycles. The number of hydrogen-bond acceptors (Lipinski definition) is 5. The van der Waals surface area contributed by atoms with Crippen molar-refractivity contribution in [1.82, 2.24) is 0 Å². The number of esters is 1. The second-order valence-electron chi connectivity index (χ2n) is 6.91. The fourth-order valence-corrected chi connectivity index (χ4v) is 4.03. The van der Waals surface area contributed by atoms with Crippen LogP contribution in [0, 0.1) is 20.8 Å². The maximum absolute atomic E-state index is 12.9. The molecule has 156 valence electrons. The molecule has 2 amide bonds. The van der Waals surface area contributed by atoms with E-state index in [9.17, 15) is 14.4 Å². The first kappa shape index (κ1) is 22.6. The van der Waals surface area contributed by atoms with Crippen LogP contribution in [0.5, 0.6) is 0 Å². The van der Waals surface area contributed by atoms with Crippen molar-refractivity contribution in [2.75, 3.05) is 17.2 Å². The summed E-state index contributed by atoms with van der Waals surface area (Å²) in [5, 5.41) is 6.04. The summed E-state index contributed by atoms with van der Waals surface area (Å²) in [7, 11) is 0. The lowest BCUT2D eigenvalue weighted by atomic mass is 10.1. The lowest BCUT2D eigenvalue weighted by molar-refractivity contribution is -0.116. The van der Waals surface area contributed by atoms with Crippen molar-refractivity contribution in [2.45, 2.75) is 53.9 Å². The monoisotopic (exact) mass is 416 g/mol. The Morgan fingerprint density at radius 2 is 1.79 bits per heavy atom. The maximum atomic E-state index is 12.9. The van der Waals surface area contributed by atoms with E-state index in [0.717, 1.165) is 35.3 Å². The maximum Gasteiger partial charge on any atom is 0.341 e. The molecule has 0 aliphatic heterocycles. The van der Waals surface area contributed by atoms with Gasteiger partial charge in [0.1, 0.15) is 5.00 Å². The van der Waals surface area contributed by atoms with Gasteiger partial charge >= 0.3 is 5.97 Å². The highest BCUT2D eigenvalue weighted by atomic mass is 32.1. The standard InChI is InChI=1S/C22H28N2O4S/c1-6-8-9-17(25)24-21-18(22(27)28-7-2)15(5)19(29-21)20(26)23-16-11-10-13(3)12-14(16)4/h10-12H,6-9H2,1-5H3,(H,23,26)(H,24,25). The van der Waals surface area contributed by atoms with Crippen molar-refractivity contribution in [2.24, 2.45) is 0 Å². The molecule has 0 aliphatic rings. The molecule has 1 aromatic heterocycles. The minimum atomic E-state index is -0.544. The van der Waals surface area contributed by atoms with E-state index < -0.39 is 5.97 Å². The van der Waals surface area contributed by atoms with E-state index in [2.05, 4.69) is 10.6 Å². The molecule has 2 rings (SSSR count). The quantitative estimate of drug-likeness (QED) is 0.577. The topological polar surface area (TPSA) is 84.5 Å². The molecule has 1 aromatic carbocycles. The van der Waals surface area contributed by atoms with Crippen LogP contribution in [0.4, 0.5) is 10.7 Å². The Morgan fingerprint density at radius 1 is 1.07 bits per heavy atom. The largest absolute Gasteiger partial charge is 0.462 e. The molecular formula is C22H28N2O4S. The SMILES string of the molecule is CCCCC(=O)Nc1sc(C(=O)Nc2ccc(C)cc2C)c(C)c1C(=O)OCC. The normalized spacial score (nSPS) is 10.5. The molecule has 0 unspecified atom stereocenters. The number of aryl methyl sites for hydroxylation is 2. The molecule has 0 saturated heterocycles. The summed E-state index contributed by atoms with van der Waals surface area (Å²) in [5.74, 6) is -1.04. The number of anilines is 2. The minimum Gasteiger partial charge on any atom is -0.462 e. The van der Waals surface area contributed by atoms with Crippen LogP contribution in [-0.4, -0.2) is 24.4 Å². The molecule has 6 nitrogen and oxygen atoms in total. The van der Waals surface area contributed by atoms with Gasteiger partial charge in [0.2, 0.25) is 5.91 Å². The summed E-state index contributed by atoms with van der Waals surface area (Å²) < 4.78 is 5.14. The third-order valence-electron chi connectivity index (χ3n) is 4.47. The molecule has 0 spiro atoms. The highest BCUT2D eigenvalue weighted by molar-refractivity contribution is 7.18. The summed E-state index contributed by atoms with van der Waals surface area (Å²) in [4.78, 5) is 38.0. The van der Waals surface area contributed by atoms with E-state index in [1.807, 2.05) is 39.0 Å². The number of carbonyl (C=O) groups excluding carboxylic acids is 3. The Balaban J connectivity index is 2.35. The fraction of sp³-hybridized carbons (Fsp3) is 0.409. The predicted molar refractivity (Wildman–Crippen MR) is 117 cm³/mol. The lowest BCUT2D eigenvalue weighted by Crippen LogP contribution is -2.15. The molecule has 7 heteroatoms. The van der Waals surface area contributed by atoms with Crippen LogP contribution in [-0.2, 0) is 9.53 Å². The Hall–Kier alpha value is -2.67. The molecule has 2 aromatic rings. The van der Waals surface area contributed by atoms with Gasteiger partial charge in [-0.05, 0) is 51.3 Å². The Bertz CT molecular complexity index is 918. The molecule has 29 heavy (non-hydrogen) atoms. The van der Waals surface area contributed by atoms with Crippen molar-refractivity contribution in [1.29, 1.82) is 0 Å². The number of ether oxygens (including phenoxy) is 1. The summed E-state index contributed by atoms with van der Waals surface area (Å²) in [6.45, 7) is 9.53. The van der Waals surface area contributed by atoms with E-state index in [0.29, 0.717) is 27.5 Å². The van der Waals surface area contributed by atoms with Gasteiger partial charge in [-0.2, -0.15) is 0 Å². The van der Waals surface area contributed by atoms with Crippen LogP contribution >= 0.6 is 11.3 Å². The van der Waals surface area contributed by atoms with Crippen LogP contribution in [0.15, 0.2) is 18.2 Å².